The first-order chi connectivity index (χ1) is 12.9. The standard InChI is InChI=1S/C23H26N2O2/c1-4-20-22(18-9-5-15(2)6-10-18)21(23(24)27)16(3)25(20)14-13-17-7-11-19(26)12-8-17/h5-12,26H,4,13-14H2,1-3H3,(H2,24,27). The van der Waals surface area contributed by atoms with E-state index in [2.05, 4.69) is 35.8 Å². The van der Waals surface area contributed by atoms with Gasteiger partial charge in [0.2, 0.25) is 0 Å². The zero-order valence-corrected chi connectivity index (χ0v) is 16.1. The number of primary amides is 1. The molecule has 1 heterocycles. The molecule has 3 aromatic rings. The van der Waals surface area contributed by atoms with Gasteiger partial charge in [-0.1, -0.05) is 48.9 Å². The highest BCUT2D eigenvalue weighted by atomic mass is 16.3. The van der Waals surface area contributed by atoms with E-state index in [1.165, 1.54) is 5.56 Å². The topological polar surface area (TPSA) is 68.2 Å². The molecular weight excluding hydrogens is 336 g/mol. The molecule has 1 amide bonds. The van der Waals surface area contributed by atoms with Crippen LogP contribution in [0.2, 0.25) is 0 Å². The number of aryl methyl sites for hydroxylation is 2. The SMILES string of the molecule is CCc1c(-c2ccc(C)cc2)c(C(N)=O)c(C)n1CCc1ccc(O)cc1. The third kappa shape index (κ3) is 3.75. The number of amides is 1. The molecule has 0 aliphatic heterocycles. The van der Waals surface area contributed by atoms with Gasteiger partial charge in [0.25, 0.3) is 5.91 Å². The van der Waals surface area contributed by atoms with Gasteiger partial charge in [-0.05, 0) is 49.9 Å². The molecule has 140 valence electrons. The van der Waals surface area contributed by atoms with Gasteiger partial charge in [0.15, 0.2) is 0 Å². The fourth-order valence-corrected chi connectivity index (χ4v) is 3.70. The van der Waals surface area contributed by atoms with Crippen molar-refractivity contribution in [1.29, 1.82) is 0 Å². The normalized spacial score (nSPS) is 10.9. The molecule has 0 fully saturated rings. The zero-order chi connectivity index (χ0) is 19.6. The average Bonchev–Trinajstić information content (AvgIpc) is 2.93. The van der Waals surface area contributed by atoms with Gasteiger partial charge in [-0.25, -0.2) is 0 Å². The molecule has 27 heavy (non-hydrogen) atoms. The number of aromatic nitrogens is 1. The fraction of sp³-hybridized carbons (Fsp3) is 0.261. The van der Waals surface area contributed by atoms with Crippen molar-refractivity contribution in [3.8, 4) is 16.9 Å². The predicted molar refractivity (Wildman–Crippen MR) is 109 cm³/mol. The molecule has 1 aromatic heterocycles. The van der Waals surface area contributed by atoms with Crippen LogP contribution in [0.5, 0.6) is 5.75 Å². The summed E-state index contributed by atoms with van der Waals surface area (Å²) in [5.74, 6) is -0.121. The summed E-state index contributed by atoms with van der Waals surface area (Å²) in [6.45, 7) is 6.88. The van der Waals surface area contributed by atoms with Gasteiger partial charge in [0.1, 0.15) is 5.75 Å². The smallest absolute Gasteiger partial charge is 0.251 e. The van der Waals surface area contributed by atoms with Crippen LogP contribution in [0.25, 0.3) is 11.1 Å². The Balaban J connectivity index is 2.05. The molecular formula is C23H26N2O2. The number of hydrogen-bond acceptors (Lipinski definition) is 2. The summed E-state index contributed by atoms with van der Waals surface area (Å²) in [4.78, 5) is 12.3. The van der Waals surface area contributed by atoms with Crippen LogP contribution in [-0.2, 0) is 19.4 Å². The summed E-state index contributed by atoms with van der Waals surface area (Å²) < 4.78 is 2.21. The summed E-state index contributed by atoms with van der Waals surface area (Å²) in [7, 11) is 0. The Kier molecular flexibility index (Phi) is 5.36. The molecule has 0 aliphatic carbocycles. The van der Waals surface area contributed by atoms with Gasteiger partial charge in [0, 0.05) is 23.5 Å². The Hall–Kier alpha value is -3.01. The summed E-state index contributed by atoms with van der Waals surface area (Å²) in [5.41, 5.74) is 12.7. The molecule has 0 bridgehead atoms. The quantitative estimate of drug-likeness (QED) is 0.683. The summed E-state index contributed by atoms with van der Waals surface area (Å²) >= 11 is 0. The van der Waals surface area contributed by atoms with Crippen molar-refractivity contribution in [1.82, 2.24) is 4.57 Å². The van der Waals surface area contributed by atoms with Crippen molar-refractivity contribution in [2.45, 2.75) is 40.2 Å². The number of phenolic OH excluding ortho intramolecular Hbond substituents is 1. The monoisotopic (exact) mass is 362 g/mol. The van der Waals surface area contributed by atoms with E-state index >= 15 is 0 Å². The van der Waals surface area contributed by atoms with Crippen molar-refractivity contribution in [3.63, 3.8) is 0 Å². The first-order valence-electron chi connectivity index (χ1n) is 9.29. The van der Waals surface area contributed by atoms with E-state index in [-0.39, 0.29) is 11.7 Å². The maximum Gasteiger partial charge on any atom is 0.251 e. The van der Waals surface area contributed by atoms with Gasteiger partial charge in [0.05, 0.1) is 5.56 Å². The lowest BCUT2D eigenvalue weighted by atomic mass is 9.98. The van der Waals surface area contributed by atoms with Gasteiger partial charge < -0.3 is 15.4 Å². The summed E-state index contributed by atoms with van der Waals surface area (Å²) in [6.07, 6.45) is 1.63. The Bertz CT molecular complexity index is 952. The zero-order valence-electron chi connectivity index (χ0n) is 16.1. The predicted octanol–water partition coefficient (Wildman–Crippen LogP) is 4.38. The molecule has 3 rings (SSSR count). The third-order valence-corrected chi connectivity index (χ3v) is 5.11. The van der Waals surface area contributed by atoms with Crippen molar-refractivity contribution in [2.24, 2.45) is 5.73 Å². The second kappa shape index (κ2) is 7.70. The molecule has 4 heteroatoms. The van der Waals surface area contributed by atoms with Gasteiger partial charge in [-0.15, -0.1) is 0 Å². The van der Waals surface area contributed by atoms with Gasteiger partial charge in [-0.3, -0.25) is 4.79 Å². The second-order valence-electron chi connectivity index (χ2n) is 6.93. The lowest BCUT2D eigenvalue weighted by molar-refractivity contribution is 0.1000. The number of phenols is 1. The molecule has 2 aromatic carbocycles. The Morgan fingerprint density at radius 1 is 1.04 bits per heavy atom. The first-order valence-corrected chi connectivity index (χ1v) is 9.29. The minimum Gasteiger partial charge on any atom is -0.508 e. The number of benzene rings is 2. The van der Waals surface area contributed by atoms with E-state index in [1.54, 1.807) is 12.1 Å². The van der Waals surface area contributed by atoms with Crippen LogP contribution in [0.4, 0.5) is 0 Å². The minimum absolute atomic E-state index is 0.266. The van der Waals surface area contributed by atoms with E-state index in [0.29, 0.717) is 5.56 Å². The highest BCUT2D eigenvalue weighted by molar-refractivity contribution is 6.02. The van der Waals surface area contributed by atoms with Crippen LogP contribution in [0.3, 0.4) is 0 Å². The molecule has 0 saturated carbocycles. The number of rotatable bonds is 6. The van der Waals surface area contributed by atoms with Crippen LogP contribution in [0.15, 0.2) is 48.5 Å². The van der Waals surface area contributed by atoms with E-state index in [4.69, 9.17) is 5.73 Å². The van der Waals surface area contributed by atoms with E-state index < -0.39 is 0 Å². The molecule has 0 atom stereocenters. The van der Waals surface area contributed by atoms with E-state index in [9.17, 15) is 9.90 Å². The van der Waals surface area contributed by atoms with Crippen molar-refractivity contribution >= 4 is 5.91 Å². The molecule has 3 N–H and O–H groups in total. The van der Waals surface area contributed by atoms with E-state index in [0.717, 1.165) is 47.5 Å². The highest BCUT2D eigenvalue weighted by Crippen LogP contribution is 2.33. The van der Waals surface area contributed by atoms with E-state index in [1.807, 2.05) is 26.0 Å². The molecule has 0 spiro atoms. The lowest BCUT2D eigenvalue weighted by Gasteiger charge is -2.12. The molecule has 0 aliphatic rings. The lowest BCUT2D eigenvalue weighted by Crippen LogP contribution is -2.14. The number of carbonyl (C=O) groups excluding carboxylic acids is 1. The Morgan fingerprint density at radius 3 is 2.22 bits per heavy atom. The number of hydrogen-bond donors (Lipinski definition) is 2. The largest absolute Gasteiger partial charge is 0.508 e. The summed E-state index contributed by atoms with van der Waals surface area (Å²) in [5, 5.41) is 9.46. The van der Waals surface area contributed by atoms with Crippen LogP contribution >= 0.6 is 0 Å². The maximum absolute atomic E-state index is 12.3. The fourth-order valence-electron chi connectivity index (χ4n) is 3.70. The molecule has 0 saturated heterocycles. The molecule has 4 nitrogen and oxygen atoms in total. The maximum atomic E-state index is 12.3. The molecule has 0 radical (unpaired) electrons. The van der Waals surface area contributed by atoms with Crippen LogP contribution in [0.1, 0.15) is 39.8 Å². The van der Waals surface area contributed by atoms with Crippen molar-refractivity contribution in [3.05, 3.63) is 76.6 Å². The van der Waals surface area contributed by atoms with Crippen LogP contribution in [0, 0.1) is 13.8 Å². The van der Waals surface area contributed by atoms with Crippen molar-refractivity contribution < 1.29 is 9.90 Å². The van der Waals surface area contributed by atoms with Gasteiger partial charge >= 0.3 is 0 Å². The van der Waals surface area contributed by atoms with Gasteiger partial charge in [-0.2, -0.15) is 0 Å². The number of aromatic hydroxyl groups is 1. The molecule has 0 unspecified atom stereocenters. The Morgan fingerprint density at radius 2 is 1.67 bits per heavy atom. The number of nitrogens with two attached hydrogens (primary N) is 1. The second-order valence-corrected chi connectivity index (χ2v) is 6.93. The Labute approximate surface area is 160 Å². The van der Waals surface area contributed by atoms with Crippen molar-refractivity contribution in [2.75, 3.05) is 0 Å². The van der Waals surface area contributed by atoms with Crippen LogP contribution < -0.4 is 5.73 Å². The number of carbonyl (C=O) groups is 1. The average molecular weight is 362 g/mol. The third-order valence-electron chi connectivity index (χ3n) is 5.11. The minimum atomic E-state index is -0.388. The number of nitrogens with zero attached hydrogens (tertiary/aromatic N) is 1. The van der Waals surface area contributed by atoms with Crippen LogP contribution in [-0.4, -0.2) is 15.6 Å². The summed E-state index contributed by atoms with van der Waals surface area (Å²) in [6, 6.07) is 15.5. The first kappa shape index (κ1) is 18.8. The highest BCUT2D eigenvalue weighted by Gasteiger charge is 2.23.